The lowest BCUT2D eigenvalue weighted by Gasteiger charge is -2.52. The molecule has 0 amide bonds. The van der Waals surface area contributed by atoms with Crippen molar-refractivity contribution < 1.29 is 13.2 Å². The molecule has 0 bridgehead atoms. The van der Waals surface area contributed by atoms with Crippen LogP contribution in [0.3, 0.4) is 0 Å². The van der Waals surface area contributed by atoms with Crippen LogP contribution in [0.5, 0.6) is 0 Å². The van der Waals surface area contributed by atoms with Gasteiger partial charge in [-0.3, -0.25) is 0 Å². The minimum absolute atomic E-state index is 0.101. The maximum atomic E-state index is 11.2. The molecule has 118 valence electrons. The van der Waals surface area contributed by atoms with E-state index in [1.54, 1.807) is 31.4 Å². The minimum atomic E-state index is -3.63. The Hall–Kier alpha value is -0.950. The molecule has 1 saturated carbocycles. The molecule has 3 atom stereocenters. The second kappa shape index (κ2) is 5.68. The number of hydrogen-bond donors (Lipinski definition) is 2. The number of methoxy groups -OCH3 is 1. The number of rotatable bonds is 5. The van der Waals surface area contributed by atoms with Gasteiger partial charge in [0.15, 0.2) is 0 Å². The molecule has 0 spiro atoms. The third-order valence-corrected chi connectivity index (χ3v) is 5.55. The Morgan fingerprint density at radius 3 is 2.33 bits per heavy atom. The van der Waals surface area contributed by atoms with E-state index >= 15 is 0 Å². The van der Waals surface area contributed by atoms with E-state index < -0.39 is 10.0 Å². The molecular weight excluding hydrogens is 288 g/mol. The lowest BCUT2D eigenvalue weighted by Crippen LogP contribution is -2.60. The van der Waals surface area contributed by atoms with Gasteiger partial charge in [-0.15, -0.1) is 0 Å². The molecule has 0 aromatic heterocycles. The lowest BCUT2D eigenvalue weighted by molar-refractivity contribution is -0.0999. The van der Waals surface area contributed by atoms with E-state index in [2.05, 4.69) is 26.1 Å². The average Bonchev–Trinajstić information content (AvgIpc) is 2.41. The van der Waals surface area contributed by atoms with Crippen LogP contribution in [0.4, 0.5) is 0 Å². The van der Waals surface area contributed by atoms with Gasteiger partial charge in [0.05, 0.1) is 11.0 Å². The van der Waals surface area contributed by atoms with E-state index in [0.29, 0.717) is 6.04 Å². The van der Waals surface area contributed by atoms with Crippen LogP contribution in [0.25, 0.3) is 0 Å². The standard InChI is InChI=1S/C15H24N2O3S/c1-10(17-13-9-14(20-4)15(13,2)3)11-5-7-12(8-6-11)21(16,18)19/h5-8,10,13-14,17H,9H2,1-4H3,(H2,16,18,19). The number of sulfonamides is 1. The van der Waals surface area contributed by atoms with E-state index in [1.165, 1.54) is 0 Å². The zero-order valence-corrected chi connectivity index (χ0v) is 13.8. The van der Waals surface area contributed by atoms with Crippen LogP contribution in [0, 0.1) is 5.41 Å². The summed E-state index contributed by atoms with van der Waals surface area (Å²) in [7, 11) is -1.88. The maximum Gasteiger partial charge on any atom is 0.238 e. The molecule has 1 fully saturated rings. The quantitative estimate of drug-likeness (QED) is 0.868. The first-order valence-corrected chi connectivity index (χ1v) is 8.62. The molecule has 1 aliphatic carbocycles. The summed E-state index contributed by atoms with van der Waals surface area (Å²) in [5, 5.41) is 8.69. The van der Waals surface area contributed by atoms with E-state index in [-0.39, 0.29) is 22.5 Å². The molecular formula is C15H24N2O3S. The van der Waals surface area contributed by atoms with Gasteiger partial charge in [0.2, 0.25) is 10.0 Å². The number of ether oxygens (including phenoxy) is 1. The first kappa shape index (κ1) is 16.4. The van der Waals surface area contributed by atoms with E-state index in [0.717, 1.165) is 12.0 Å². The summed E-state index contributed by atoms with van der Waals surface area (Å²) in [5.41, 5.74) is 1.14. The Labute approximate surface area is 126 Å². The van der Waals surface area contributed by atoms with Crippen LogP contribution < -0.4 is 10.5 Å². The summed E-state index contributed by atoms with van der Waals surface area (Å²) in [5.74, 6) is 0. The van der Waals surface area contributed by atoms with Crippen molar-refractivity contribution in [3.63, 3.8) is 0 Å². The Bertz CT molecular complexity index is 596. The van der Waals surface area contributed by atoms with Gasteiger partial charge in [0, 0.05) is 24.6 Å². The van der Waals surface area contributed by atoms with Crippen molar-refractivity contribution >= 4 is 10.0 Å². The van der Waals surface area contributed by atoms with Gasteiger partial charge in [-0.1, -0.05) is 26.0 Å². The van der Waals surface area contributed by atoms with Gasteiger partial charge < -0.3 is 10.1 Å². The van der Waals surface area contributed by atoms with Crippen LogP contribution in [0.1, 0.15) is 38.8 Å². The summed E-state index contributed by atoms with van der Waals surface area (Å²) in [4.78, 5) is 0.141. The van der Waals surface area contributed by atoms with Gasteiger partial charge in [0.1, 0.15) is 0 Å². The molecule has 0 aliphatic heterocycles. The van der Waals surface area contributed by atoms with Crippen LogP contribution in [-0.4, -0.2) is 27.7 Å². The molecule has 2 rings (SSSR count). The largest absolute Gasteiger partial charge is 0.381 e. The summed E-state index contributed by atoms with van der Waals surface area (Å²) in [6.07, 6.45) is 1.27. The van der Waals surface area contributed by atoms with Gasteiger partial charge in [-0.2, -0.15) is 0 Å². The van der Waals surface area contributed by atoms with Crippen molar-refractivity contribution in [1.82, 2.24) is 5.32 Å². The summed E-state index contributed by atoms with van der Waals surface area (Å²) in [6.45, 7) is 6.46. The third kappa shape index (κ3) is 3.29. The predicted octanol–water partition coefficient (Wildman–Crippen LogP) is 1.80. The molecule has 3 N–H and O–H groups in total. The lowest BCUT2D eigenvalue weighted by atomic mass is 9.64. The minimum Gasteiger partial charge on any atom is -0.381 e. The summed E-state index contributed by atoms with van der Waals surface area (Å²) in [6, 6.07) is 7.23. The smallest absolute Gasteiger partial charge is 0.238 e. The Balaban J connectivity index is 2.03. The average molecular weight is 312 g/mol. The van der Waals surface area contributed by atoms with E-state index in [9.17, 15) is 8.42 Å². The number of nitrogens with two attached hydrogens (primary N) is 1. The van der Waals surface area contributed by atoms with E-state index in [4.69, 9.17) is 9.88 Å². The van der Waals surface area contributed by atoms with Crippen molar-refractivity contribution in [2.45, 2.75) is 50.3 Å². The highest BCUT2D eigenvalue weighted by atomic mass is 32.2. The topological polar surface area (TPSA) is 81.4 Å². The normalized spacial score (nSPS) is 26.1. The summed E-state index contributed by atoms with van der Waals surface area (Å²) < 4.78 is 28.0. The fourth-order valence-corrected chi connectivity index (χ4v) is 3.43. The van der Waals surface area contributed by atoms with Gasteiger partial charge in [0.25, 0.3) is 0 Å². The predicted molar refractivity (Wildman–Crippen MR) is 82.3 cm³/mol. The van der Waals surface area contributed by atoms with Gasteiger partial charge in [-0.25, -0.2) is 13.6 Å². The SMILES string of the molecule is COC1CC(NC(C)c2ccc(S(N)(=O)=O)cc2)C1(C)C. The molecule has 1 aromatic carbocycles. The first-order chi connectivity index (χ1) is 9.66. The first-order valence-electron chi connectivity index (χ1n) is 7.08. The third-order valence-electron chi connectivity index (χ3n) is 4.62. The summed E-state index contributed by atoms with van der Waals surface area (Å²) >= 11 is 0. The van der Waals surface area contributed by atoms with Crippen LogP contribution in [0.2, 0.25) is 0 Å². The number of benzene rings is 1. The monoisotopic (exact) mass is 312 g/mol. The van der Waals surface area contributed by atoms with Crippen LogP contribution in [-0.2, 0) is 14.8 Å². The number of hydrogen-bond acceptors (Lipinski definition) is 4. The fourth-order valence-electron chi connectivity index (χ4n) is 2.91. The Morgan fingerprint density at radius 1 is 1.33 bits per heavy atom. The molecule has 3 unspecified atom stereocenters. The zero-order valence-electron chi connectivity index (χ0n) is 13.0. The second-order valence-electron chi connectivity index (χ2n) is 6.34. The van der Waals surface area contributed by atoms with Crippen molar-refractivity contribution in [2.24, 2.45) is 10.6 Å². The number of nitrogens with one attached hydrogen (secondary N) is 1. The molecule has 1 aliphatic rings. The van der Waals surface area contributed by atoms with Crippen LogP contribution in [0.15, 0.2) is 29.2 Å². The fraction of sp³-hybridized carbons (Fsp3) is 0.600. The zero-order chi connectivity index (χ0) is 15.8. The molecule has 0 saturated heterocycles. The Morgan fingerprint density at radius 2 is 1.90 bits per heavy atom. The highest BCUT2D eigenvalue weighted by Crippen LogP contribution is 2.43. The molecule has 1 aromatic rings. The highest BCUT2D eigenvalue weighted by Gasteiger charge is 2.48. The Kier molecular flexibility index (Phi) is 4.44. The van der Waals surface area contributed by atoms with Crippen molar-refractivity contribution in [2.75, 3.05) is 7.11 Å². The maximum absolute atomic E-state index is 11.2. The molecule has 0 radical (unpaired) electrons. The van der Waals surface area contributed by atoms with Crippen molar-refractivity contribution in [3.05, 3.63) is 29.8 Å². The molecule has 21 heavy (non-hydrogen) atoms. The molecule has 5 nitrogen and oxygen atoms in total. The molecule has 6 heteroatoms. The molecule has 0 heterocycles. The van der Waals surface area contributed by atoms with Crippen molar-refractivity contribution in [3.8, 4) is 0 Å². The van der Waals surface area contributed by atoms with Gasteiger partial charge in [-0.05, 0) is 31.0 Å². The van der Waals surface area contributed by atoms with E-state index in [1.807, 2.05) is 0 Å². The van der Waals surface area contributed by atoms with Crippen molar-refractivity contribution in [1.29, 1.82) is 0 Å². The second-order valence-corrected chi connectivity index (χ2v) is 7.90. The highest BCUT2D eigenvalue weighted by molar-refractivity contribution is 7.89. The van der Waals surface area contributed by atoms with Gasteiger partial charge >= 0.3 is 0 Å². The number of primary sulfonamides is 1. The van der Waals surface area contributed by atoms with Crippen LogP contribution >= 0.6 is 0 Å².